The lowest BCUT2D eigenvalue weighted by Gasteiger charge is -2.32. The lowest BCUT2D eigenvalue weighted by molar-refractivity contribution is -0.123. The minimum absolute atomic E-state index is 0.187. The molecule has 6 nitrogen and oxygen atoms in total. The summed E-state index contributed by atoms with van der Waals surface area (Å²) >= 11 is 6.14. The number of benzene rings is 3. The molecule has 32 heavy (non-hydrogen) atoms. The number of amides is 2. The molecule has 1 fully saturated rings. The highest BCUT2D eigenvalue weighted by Gasteiger charge is 2.69. The van der Waals surface area contributed by atoms with Gasteiger partial charge in [0.15, 0.2) is 9.84 Å². The summed E-state index contributed by atoms with van der Waals surface area (Å²) in [5, 5.41) is 0.338. The summed E-state index contributed by atoms with van der Waals surface area (Å²) in [6.45, 7) is 2.14. The molecule has 3 aromatic carbocycles. The number of hydrogen-bond donors (Lipinski definition) is 0. The van der Waals surface area contributed by atoms with Gasteiger partial charge in [-0.2, -0.15) is 0 Å². The molecule has 162 valence electrons. The Morgan fingerprint density at radius 2 is 1.72 bits per heavy atom. The van der Waals surface area contributed by atoms with Gasteiger partial charge in [-0.1, -0.05) is 65.7 Å². The second kappa shape index (κ2) is 7.18. The Morgan fingerprint density at radius 3 is 2.47 bits per heavy atom. The number of anilines is 2. The lowest BCUT2D eigenvalue weighted by Crippen LogP contribution is -2.54. The third-order valence-corrected chi connectivity index (χ3v) is 8.25. The molecule has 0 radical (unpaired) electrons. The van der Waals surface area contributed by atoms with Gasteiger partial charge in [0.25, 0.3) is 10.8 Å². The number of rotatable bonds is 3. The van der Waals surface area contributed by atoms with Crippen LogP contribution in [0.1, 0.15) is 16.7 Å². The topological polar surface area (TPSA) is 74.8 Å². The largest absolute Gasteiger partial charge is 0.304 e. The fourth-order valence-electron chi connectivity index (χ4n) is 4.66. The SMILES string of the molecule is Cc1cccc(CN2C(=O)[C@@]3(c4ccccc42)N(c2cccc(Cl)c2)C(=O)CS3(=O)=O)c1. The third kappa shape index (κ3) is 2.81. The molecule has 2 aliphatic rings. The molecule has 0 bridgehead atoms. The number of nitrogens with zero attached hydrogens (tertiary/aromatic N) is 2. The summed E-state index contributed by atoms with van der Waals surface area (Å²) in [6.07, 6.45) is 0. The molecule has 0 saturated carbocycles. The molecule has 1 spiro atoms. The van der Waals surface area contributed by atoms with Crippen molar-refractivity contribution < 1.29 is 18.0 Å². The van der Waals surface area contributed by atoms with E-state index in [9.17, 15) is 18.0 Å². The van der Waals surface area contributed by atoms with Crippen molar-refractivity contribution in [3.8, 4) is 0 Å². The van der Waals surface area contributed by atoms with E-state index in [4.69, 9.17) is 11.6 Å². The Labute approximate surface area is 190 Å². The summed E-state index contributed by atoms with van der Waals surface area (Å²) in [6, 6.07) is 20.8. The predicted octanol–water partition coefficient (Wildman–Crippen LogP) is 3.81. The van der Waals surface area contributed by atoms with E-state index in [2.05, 4.69) is 0 Å². The zero-order valence-corrected chi connectivity index (χ0v) is 18.7. The van der Waals surface area contributed by atoms with Gasteiger partial charge >= 0.3 is 0 Å². The Balaban J connectivity index is 1.74. The Bertz CT molecular complexity index is 1390. The average Bonchev–Trinajstić information content (AvgIpc) is 3.11. The van der Waals surface area contributed by atoms with Crippen molar-refractivity contribution >= 4 is 44.6 Å². The maximum absolute atomic E-state index is 14.0. The van der Waals surface area contributed by atoms with Crippen LogP contribution in [0.2, 0.25) is 5.02 Å². The van der Waals surface area contributed by atoms with Gasteiger partial charge in [0, 0.05) is 16.3 Å². The number of hydrogen-bond acceptors (Lipinski definition) is 4. The first-order valence-corrected chi connectivity index (χ1v) is 12.1. The van der Waals surface area contributed by atoms with E-state index in [1.165, 1.54) is 11.0 Å². The van der Waals surface area contributed by atoms with Crippen molar-refractivity contribution in [3.63, 3.8) is 0 Å². The molecule has 2 aliphatic heterocycles. The van der Waals surface area contributed by atoms with Crippen LogP contribution < -0.4 is 9.80 Å². The molecule has 5 rings (SSSR count). The second-order valence-electron chi connectivity index (χ2n) is 8.01. The van der Waals surface area contributed by atoms with Crippen LogP contribution in [0.3, 0.4) is 0 Å². The van der Waals surface area contributed by atoms with Crippen molar-refractivity contribution in [1.82, 2.24) is 0 Å². The van der Waals surface area contributed by atoms with Gasteiger partial charge in [-0.05, 0) is 36.8 Å². The number of carbonyl (C=O) groups is 2. The van der Waals surface area contributed by atoms with E-state index >= 15 is 0 Å². The van der Waals surface area contributed by atoms with Gasteiger partial charge in [-0.3, -0.25) is 14.5 Å². The zero-order valence-electron chi connectivity index (χ0n) is 17.2. The highest BCUT2D eigenvalue weighted by atomic mass is 35.5. The van der Waals surface area contributed by atoms with Crippen LogP contribution in [0.4, 0.5) is 11.4 Å². The van der Waals surface area contributed by atoms with E-state index in [1.807, 2.05) is 31.2 Å². The number of aryl methyl sites for hydroxylation is 1. The quantitative estimate of drug-likeness (QED) is 0.588. The molecule has 1 saturated heterocycles. The third-order valence-electron chi connectivity index (χ3n) is 5.91. The molecular weight excluding hydrogens is 448 g/mol. The summed E-state index contributed by atoms with van der Waals surface area (Å²) in [7, 11) is -4.20. The van der Waals surface area contributed by atoms with Crippen molar-refractivity contribution in [2.45, 2.75) is 18.3 Å². The van der Waals surface area contributed by atoms with Crippen molar-refractivity contribution in [1.29, 1.82) is 0 Å². The van der Waals surface area contributed by atoms with Crippen LogP contribution in [0, 0.1) is 6.92 Å². The predicted molar refractivity (Wildman–Crippen MR) is 123 cm³/mol. The minimum Gasteiger partial charge on any atom is -0.304 e. The minimum atomic E-state index is -4.20. The van der Waals surface area contributed by atoms with Crippen LogP contribution in [-0.4, -0.2) is 26.0 Å². The number of halogens is 1. The Hall–Kier alpha value is -3.16. The molecule has 0 N–H and O–H groups in total. The standard InChI is InChI=1S/C24H19ClN2O4S/c1-16-6-4-7-17(12-16)14-26-21-11-3-2-10-20(21)24(23(26)29)27(22(28)15-32(24,30)31)19-9-5-8-18(25)13-19/h2-13H,14-15H2,1H3/t24-/m0/s1. The first kappa shape index (κ1) is 20.7. The fourth-order valence-corrected chi connectivity index (χ4v) is 6.87. The van der Waals surface area contributed by atoms with Crippen molar-refractivity contribution in [2.75, 3.05) is 15.6 Å². The molecule has 0 aliphatic carbocycles. The van der Waals surface area contributed by atoms with Crippen LogP contribution in [0.15, 0.2) is 72.8 Å². The average molecular weight is 467 g/mol. The molecule has 0 aromatic heterocycles. The van der Waals surface area contributed by atoms with Gasteiger partial charge < -0.3 is 4.90 Å². The van der Waals surface area contributed by atoms with Crippen molar-refractivity contribution in [3.05, 3.63) is 94.5 Å². The van der Waals surface area contributed by atoms with Crippen molar-refractivity contribution in [2.24, 2.45) is 0 Å². The lowest BCUT2D eigenvalue weighted by atomic mass is 10.0. The summed E-state index contributed by atoms with van der Waals surface area (Å²) in [5.41, 5.74) is 2.92. The Kier molecular flexibility index (Phi) is 4.65. The fraction of sp³-hybridized carbons (Fsp3) is 0.167. The number of fused-ring (bicyclic) bond motifs is 2. The number of sulfone groups is 1. The maximum Gasteiger partial charge on any atom is 0.274 e. The molecule has 1 atom stereocenters. The molecule has 8 heteroatoms. The summed E-state index contributed by atoms with van der Waals surface area (Å²) in [4.78, 5) is 27.5. The molecular formula is C24H19ClN2O4S. The summed E-state index contributed by atoms with van der Waals surface area (Å²) < 4.78 is 27.1. The normalized spacial score (nSPS) is 21.4. The molecule has 2 heterocycles. The molecule has 2 amide bonds. The number of carbonyl (C=O) groups excluding carboxylic acids is 2. The smallest absolute Gasteiger partial charge is 0.274 e. The second-order valence-corrected chi connectivity index (χ2v) is 10.6. The van der Waals surface area contributed by atoms with Crippen LogP contribution in [0.5, 0.6) is 0 Å². The monoisotopic (exact) mass is 466 g/mol. The molecule has 3 aromatic rings. The maximum atomic E-state index is 14.0. The van der Waals surface area contributed by atoms with Gasteiger partial charge in [-0.25, -0.2) is 8.42 Å². The highest BCUT2D eigenvalue weighted by Crippen LogP contribution is 2.52. The van der Waals surface area contributed by atoms with E-state index in [1.54, 1.807) is 42.5 Å². The van der Waals surface area contributed by atoms with E-state index in [0.717, 1.165) is 16.0 Å². The van der Waals surface area contributed by atoms with Crippen LogP contribution >= 0.6 is 11.6 Å². The first-order chi connectivity index (χ1) is 15.3. The van der Waals surface area contributed by atoms with Gasteiger partial charge in [-0.15, -0.1) is 0 Å². The first-order valence-electron chi connectivity index (χ1n) is 10.0. The zero-order chi connectivity index (χ0) is 22.7. The molecule has 0 unspecified atom stereocenters. The Morgan fingerprint density at radius 1 is 0.969 bits per heavy atom. The summed E-state index contributed by atoms with van der Waals surface area (Å²) in [5.74, 6) is -2.07. The highest BCUT2D eigenvalue weighted by molar-refractivity contribution is 7.94. The van der Waals surface area contributed by atoms with E-state index in [-0.39, 0.29) is 17.8 Å². The van der Waals surface area contributed by atoms with E-state index < -0.39 is 32.3 Å². The van der Waals surface area contributed by atoms with Gasteiger partial charge in [0.05, 0.1) is 12.2 Å². The van der Waals surface area contributed by atoms with Gasteiger partial charge in [0.2, 0.25) is 5.91 Å². The van der Waals surface area contributed by atoms with Crippen LogP contribution in [-0.2, 0) is 30.8 Å². The van der Waals surface area contributed by atoms with Crippen LogP contribution in [0.25, 0.3) is 0 Å². The van der Waals surface area contributed by atoms with E-state index in [0.29, 0.717) is 10.7 Å². The van der Waals surface area contributed by atoms with Gasteiger partial charge in [0.1, 0.15) is 5.75 Å². The number of para-hydroxylation sites is 1.